The van der Waals surface area contributed by atoms with Crippen LogP contribution in [0.15, 0.2) is 23.0 Å². The van der Waals surface area contributed by atoms with Crippen molar-refractivity contribution in [2.75, 3.05) is 27.8 Å². The molecule has 0 spiro atoms. The van der Waals surface area contributed by atoms with E-state index in [9.17, 15) is 33.1 Å². The van der Waals surface area contributed by atoms with E-state index in [-0.39, 0.29) is 35.9 Å². The summed E-state index contributed by atoms with van der Waals surface area (Å²) in [5.74, 6) is -4.61. The number of alkyl halides is 1. The summed E-state index contributed by atoms with van der Waals surface area (Å²) in [5.41, 5.74) is -2.42. The SMILES string of the molecule is CN(C)C(=O)C(=O)N(C)C1CC2(CF)CCC1c1nc(C(=O)NCc3cccc(Cl)c3F)c(O)c(=O)n1C2. The van der Waals surface area contributed by atoms with E-state index in [0.717, 1.165) is 9.47 Å². The standard InChI is InChI=1S/C25H28ClF2N5O5/c1-31(2)23(37)24(38)32(3)16-9-25(11-27)8-7-14(16)20-30-18(19(34)22(36)33(20)12-25)21(35)29-10-13-5-4-6-15(26)17(13)28/h4-6,14,16,34H,7-12H2,1-3H3,(H,29,35). The molecule has 38 heavy (non-hydrogen) atoms. The van der Waals surface area contributed by atoms with Gasteiger partial charge in [0.2, 0.25) is 5.75 Å². The lowest BCUT2D eigenvalue weighted by Gasteiger charge is -2.43. The van der Waals surface area contributed by atoms with Crippen molar-refractivity contribution >= 4 is 29.3 Å². The highest BCUT2D eigenvalue weighted by Gasteiger charge is 2.50. The summed E-state index contributed by atoms with van der Waals surface area (Å²) in [6.07, 6.45) is 0.887. The summed E-state index contributed by atoms with van der Waals surface area (Å²) in [6, 6.07) is 3.60. The Hall–Kier alpha value is -3.54. The van der Waals surface area contributed by atoms with Crippen LogP contribution in [-0.4, -0.2) is 76.0 Å². The van der Waals surface area contributed by atoms with Crippen LogP contribution in [0, 0.1) is 11.2 Å². The fourth-order valence-electron chi connectivity index (χ4n) is 5.28. The average Bonchev–Trinajstić information content (AvgIpc) is 3.15. The highest BCUT2D eigenvalue weighted by molar-refractivity contribution is 6.34. The van der Waals surface area contributed by atoms with Crippen LogP contribution < -0.4 is 10.9 Å². The topological polar surface area (TPSA) is 125 Å². The lowest BCUT2D eigenvalue weighted by Crippen LogP contribution is -2.51. The third-order valence-corrected chi connectivity index (χ3v) is 7.76. The van der Waals surface area contributed by atoms with Crippen LogP contribution in [0.2, 0.25) is 5.02 Å². The molecule has 5 rings (SSSR count). The van der Waals surface area contributed by atoms with Crippen molar-refractivity contribution in [2.24, 2.45) is 5.41 Å². The van der Waals surface area contributed by atoms with Gasteiger partial charge in [-0.15, -0.1) is 0 Å². The molecule has 3 amide bonds. The van der Waals surface area contributed by atoms with E-state index in [4.69, 9.17) is 11.6 Å². The van der Waals surface area contributed by atoms with Gasteiger partial charge in [0.1, 0.15) is 11.6 Å². The van der Waals surface area contributed by atoms with Crippen LogP contribution in [0.25, 0.3) is 0 Å². The fourth-order valence-corrected chi connectivity index (χ4v) is 5.48. The van der Waals surface area contributed by atoms with Crippen LogP contribution in [0.4, 0.5) is 8.78 Å². The van der Waals surface area contributed by atoms with Crippen molar-refractivity contribution < 1.29 is 28.3 Å². The molecule has 2 bridgehead atoms. The maximum atomic E-state index is 14.4. The molecule has 1 aromatic heterocycles. The maximum absolute atomic E-state index is 14.4. The van der Waals surface area contributed by atoms with Gasteiger partial charge in [-0.3, -0.25) is 28.1 Å². The van der Waals surface area contributed by atoms with E-state index in [2.05, 4.69) is 10.3 Å². The van der Waals surface area contributed by atoms with Crippen molar-refractivity contribution in [3.8, 4) is 5.75 Å². The van der Waals surface area contributed by atoms with Gasteiger partial charge in [0.25, 0.3) is 11.5 Å². The lowest BCUT2D eigenvalue weighted by atomic mass is 9.69. The number of aromatic hydroxyl groups is 1. The monoisotopic (exact) mass is 551 g/mol. The molecule has 3 atom stereocenters. The summed E-state index contributed by atoms with van der Waals surface area (Å²) in [6.45, 7) is -1.18. The minimum absolute atomic E-state index is 0.0890. The number of benzene rings is 1. The molecule has 1 saturated carbocycles. The second-order valence-electron chi connectivity index (χ2n) is 10.1. The average molecular weight is 552 g/mol. The molecule has 0 radical (unpaired) electrons. The van der Waals surface area contributed by atoms with Gasteiger partial charge in [-0.05, 0) is 25.3 Å². The minimum Gasteiger partial charge on any atom is -0.501 e. The molecule has 13 heteroatoms. The smallest absolute Gasteiger partial charge is 0.312 e. The van der Waals surface area contributed by atoms with Crippen molar-refractivity contribution in [3.63, 3.8) is 0 Å². The number of amides is 3. The molecular formula is C25H28ClF2N5O5. The van der Waals surface area contributed by atoms with Gasteiger partial charge < -0.3 is 20.2 Å². The first-order valence-electron chi connectivity index (χ1n) is 12.0. The fraction of sp³-hybridized carbons (Fsp3) is 0.480. The summed E-state index contributed by atoms with van der Waals surface area (Å²) in [5, 5.41) is 12.9. The molecule has 2 N–H and O–H groups in total. The Bertz CT molecular complexity index is 1370. The number of carbonyl (C=O) groups excluding carboxylic acids is 3. The number of fused-ring (bicyclic) bond motifs is 2. The molecule has 2 aromatic rings. The van der Waals surface area contributed by atoms with Crippen molar-refractivity contribution in [2.45, 2.75) is 44.3 Å². The van der Waals surface area contributed by atoms with E-state index >= 15 is 0 Å². The third-order valence-electron chi connectivity index (χ3n) is 7.47. The van der Waals surface area contributed by atoms with Crippen LogP contribution in [0.1, 0.15) is 47.1 Å². The Labute approximate surface area is 222 Å². The molecule has 3 heterocycles. The Morgan fingerprint density at radius 3 is 2.63 bits per heavy atom. The molecule has 10 nitrogen and oxygen atoms in total. The summed E-state index contributed by atoms with van der Waals surface area (Å²) in [7, 11) is 4.32. The third kappa shape index (κ3) is 4.72. The van der Waals surface area contributed by atoms with E-state index in [0.29, 0.717) is 12.8 Å². The van der Waals surface area contributed by atoms with Gasteiger partial charge in [0.05, 0.1) is 11.7 Å². The molecular weight excluding hydrogens is 524 g/mol. The molecule has 3 unspecified atom stereocenters. The van der Waals surface area contributed by atoms with Gasteiger partial charge in [0, 0.05) is 57.2 Å². The first kappa shape index (κ1) is 27.5. The van der Waals surface area contributed by atoms with Gasteiger partial charge >= 0.3 is 11.8 Å². The van der Waals surface area contributed by atoms with Gasteiger partial charge in [-0.2, -0.15) is 0 Å². The Kier molecular flexibility index (Phi) is 7.46. The molecule has 0 saturated heterocycles. The zero-order valence-corrected chi connectivity index (χ0v) is 21.9. The molecule has 3 aliphatic rings. The number of hydrogen-bond donors (Lipinski definition) is 2. The van der Waals surface area contributed by atoms with E-state index in [1.54, 1.807) is 0 Å². The number of nitrogens with zero attached hydrogens (tertiary/aromatic N) is 4. The molecule has 2 aliphatic heterocycles. The number of likely N-dealkylation sites (N-methyl/N-ethyl adjacent to an activating group) is 2. The number of hydrogen-bond acceptors (Lipinski definition) is 6. The van der Waals surface area contributed by atoms with Gasteiger partial charge in [-0.1, -0.05) is 23.7 Å². The summed E-state index contributed by atoms with van der Waals surface area (Å²) in [4.78, 5) is 58.1. The quantitative estimate of drug-likeness (QED) is 0.546. The molecule has 204 valence electrons. The normalized spacial score (nSPS) is 21.8. The second kappa shape index (κ2) is 10.3. The van der Waals surface area contributed by atoms with E-state index in [1.807, 2.05) is 0 Å². The van der Waals surface area contributed by atoms with Gasteiger partial charge in [-0.25, -0.2) is 9.37 Å². The largest absolute Gasteiger partial charge is 0.501 e. The van der Waals surface area contributed by atoms with Crippen LogP contribution >= 0.6 is 11.6 Å². The Morgan fingerprint density at radius 2 is 1.97 bits per heavy atom. The maximum Gasteiger partial charge on any atom is 0.312 e. The van der Waals surface area contributed by atoms with Crippen molar-refractivity contribution in [3.05, 3.63) is 56.5 Å². The predicted molar refractivity (Wildman–Crippen MR) is 133 cm³/mol. The molecule has 1 aromatic carbocycles. The lowest BCUT2D eigenvalue weighted by molar-refractivity contribution is -0.152. The summed E-state index contributed by atoms with van der Waals surface area (Å²) < 4.78 is 29.8. The molecule has 1 fully saturated rings. The Morgan fingerprint density at radius 1 is 1.26 bits per heavy atom. The van der Waals surface area contributed by atoms with E-state index in [1.165, 1.54) is 44.2 Å². The second-order valence-corrected chi connectivity index (χ2v) is 10.5. The van der Waals surface area contributed by atoms with Crippen molar-refractivity contribution in [1.29, 1.82) is 0 Å². The van der Waals surface area contributed by atoms with Crippen LogP contribution in [0.5, 0.6) is 5.75 Å². The zero-order chi connectivity index (χ0) is 27.9. The van der Waals surface area contributed by atoms with Crippen LogP contribution in [-0.2, 0) is 22.7 Å². The van der Waals surface area contributed by atoms with Crippen LogP contribution in [0.3, 0.4) is 0 Å². The number of carbonyl (C=O) groups is 3. The number of nitrogens with one attached hydrogen (secondary N) is 1. The highest BCUT2D eigenvalue weighted by atomic mass is 35.5. The zero-order valence-electron chi connectivity index (χ0n) is 21.1. The van der Waals surface area contributed by atoms with Crippen molar-refractivity contribution in [1.82, 2.24) is 24.7 Å². The number of aromatic nitrogens is 2. The predicted octanol–water partition coefficient (Wildman–Crippen LogP) is 1.82. The first-order valence-corrected chi connectivity index (χ1v) is 12.4. The first-order chi connectivity index (χ1) is 17.9. The van der Waals surface area contributed by atoms with E-state index < -0.39 is 64.6 Å². The number of rotatable bonds is 5. The number of halogens is 3. The summed E-state index contributed by atoms with van der Waals surface area (Å²) >= 11 is 5.78. The highest BCUT2D eigenvalue weighted by Crippen LogP contribution is 2.49. The Balaban J connectivity index is 1.72. The molecule has 1 aliphatic carbocycles. The minimum atomic E-state index is -1.02. The van der Waals surface area contributed by atoms with Gasteiger partial charge in [0.15, 0.2) is 5.69 Å².